The van der Waals surface area contributed by atoms with Gasteiger partial charge in [-0.2, -0.15) is 13.2 Å². The molecule has 0 spiro atoms. The molecule has 7 heteroatoms. The van der Waals surface area contributed by atoms with Crippen LogP contribution in [0.3, 0.4) is 0 Å². The predicted octanol–water partition coefficient (Wildman–Crippen LogP) is 2.71. The van der Waals surface area contributed by atoms with Crippen molar-refractivity contribution < 1.29 is 27.9 Å². The summed E-state index contributed by atoms with van der Waals surface area (Å²) >= 11 is 0. The summed E-state index contributed by atoms with van der Waals surface area (Å²) < 4.78 is 38.0. The number of carboxylic acid groups (broad SMARTS) is 1. The molecule has 0 bridgehead atoms. The fourth-order valence-corrected chi connectivity index (χ4v) is 2.62. The van der Waals surface area contributed by atoms with Crippen molar-refractivity contribution in [2.75, 3.05) is 6.54 Å². The van der Waals surface area contributed by atoms with E-state index in [4.69, 9.17) is 5.11 Å². The van der Waals surface area contributed by atoms with Crippen LogP contribution in [-0.4, -0.2) is 34.5 Å². The third-order valence-electron chi connectivity index (χ3n) is 3.72. The van der Waals surface area contributed by atoms with E-state index in [1.807, 2.05) is 0 Å². The van der Waals surface area contributed by atoms with E-state index >= 15 is 0 Å². The molecule has 1 aliphatic rings. The Bertz CT molecular complexity index is 571. The van der Waals surface area contributed by atoms with E-state index in [2.05, 4.69) is 0 Å². The van der Waals surface area contributed by atoms with Crippen LogP contribution in [0, 0.1) is 0 Å². The van der Waals surface area contributed by atoms with Gasteiger partial charge < -0.3 is 10.0 Å². The Hall–Kier alpha value is -2.05. The summed E-state index contributed by atoms with van der Waals surface area (Å²) in [6, 6.07) is 3.67. The molecule has 1 N–H and O–H groups in total. The number of likely N-dealkylation sites (tertiary alicyclic amines) is 1. The van der Waals surface area contributed by atoms with Crippen LogP contribution in [0.1, 0.15) is 30.4 Å². The number of halogens is 3. The van der Waals surface area contributed by atoms with Crippen LogP contribution in [0.25, 0.3) is 0 Å². The zero-order valence-electron chi connectivity index (χ0n) is 11.8. The van der Waals surface area contributed by atoms with Gasteiger partial charge in [-0.3, -0.25) is 4.79 Å². The van der Waals surface area contributed by atoms with Crippen LogP contribution in [0.4, 0.5) is 13.2 Å². The van der Waals surface area contributed by atoms with E-state index < -0.39 is 29.7 Å². The smallest absolute Gasteiger partial charge is 0.416 e. The zero-order valence-corrected chi connectivity index (χ0v) is 11.8. The number of piperidine rings is 1. The molecule has 1 heterocycles. The molecule has 1 fully saturated rings. The number of aliphatic carboxylic acids is 1. The molecular formula is C15H16F3NO3. The normalized spacial score (nSPS) is 19.0. The molecule has 0 aliphatic carbocycles. The van der Waals surface area contributed by atoms with Crippen LogP contribution in [0.5, 0.6) is 0 Å². The van der Waals surface area contributed by atoms with E-state index in [-0.39, 0.29) is 12.0 Å². The van der Waals surface area contributed by atoms with Crippen molar-refractivity contribution in [1.29, 1.82) is 0 Å². The molecule has 4 nitrogen and oxygen atoms in total. The molecular weight excluding hydrogens is 299 g/mol. The van der Waals surface area contributed by atoms with Gasteiger partial charge in [-0.1, -0.05) is 18.2 Å². The fourth-order valence-electron chi connectivity index (χ4n) is 2.62. The second kappa shape index (κ2) is 6.37. The number of alkyl halides is 3. The van der Waals surface area contributed by atoms with E-state index in [9.17, 15) is 22.8 Å². The highest BCUT2D eigenvalue weighted by atomic mass is 19.4. The largest absolute Gasteiger partial charge is 0.480 e. The summed E-state index contributed by atoms with van der Waals surface area (Å²) in [5.74, 6) is -1.52. The maximum atomic E-state index is 12.7. The van der Waals surface area contributed by atoms with Gasteiger partial charge in [0.2, 0.25) is 5.91 Å². The Morgan fingerprint density at radius 1 is 1.27 bits per heavy atom. The number of carbonyl (C=O) groups is 2. The number of hydrogen-bond donors (Lipinski definition) is 1. The monoisotopic (exact) mass is 315 g/mol. The Morgan fingerprint density at radius 3 is 2.64 bits per heavy atom. The molecule has 120 valence electrons. The predicted molar refractivity (Wildman–Crippen MR) is 72.1 cm³/mol. The minimum atomic E-state index is -4.46. The lowest BCUT2D eigenvalue weighted by Gasteiger charge is -2.33. The lowest BCUT2D eigenvalue weighted by Crippen LogP contribution is -2.48. The van der Waals surface area contributed by atoms with Gasteiger partial charge in [-0.05, 0) is 30.9 Å². The highest BCUT2D eigenvalue weighted by molar-refractivity contribution is 5.85. The van der Waals surface area contributed by atoms with E-state index in [1.54, 1.807) is 0 Å². The van der Waals surface area contributed by atoms with E-state index in [1.165, 1.54) is 17.0 Å². The van der Waals surface area contributed by atoms with Gasteiger partial charge in [-0.25, -0.2) is 4.79 Å². The van der Waals surface area contributed by atoms with Crippen LogP contribution < -0.4 is 0 Å². The van der Waals surface area contributed by atoms with Gasteiger partial charge in [0.25, 0.3) is 0 Å². The standard InChI is InChI=1S/C15H16F3NO3/c16-15(17,18)11-5-3-4-10(8-11)9-13(20)19-7-2-1-6-12(19)14(21)22/h3-5,8,12H,1-2,6-7,9H2,(H,21,22)/t12-/m1/s1. The van der Waals surface area contributed by atoms with Crippen LogP contribution in [0.15, 0.2) is 24.3 Å². The second-order valence-electron chi connectivity index (χ2n) is 5.31. The molecule has 0 aromatic heterocycles. The minimum Gasteiger partial charge on any atom is -0.480 e. The quantitative estimate of drug-likeness (QED) is 0.933. The molecule has 0 unspecified atom stereocenters. The first-order valence-electron chi connectivity index (χ1n) is 6.97. The van der Waals surface area contributed by atoms with Gasteiger partial charge in [0.05, 0.1) is 12.0 Å². The first-order valence-corrected chi connectivity index (χ1v) is 6.97. The number of carbonyl (C=O) groups excluding carboxylic acids is 1. The first kappa shape index (κ1) is 16.3. The minimum absolute atomic E-state index is 0.228. The molecule has 22 heavy (non-hydrogen) atoms. The molecule has 2 rings (SSSR count). The highest BCUT2D eigenvalue weighted by Gasteiger charge is 2.33. The summed E-state index contributed by atoms with van der Waals surface area (Å²) in [7, 11) is 0. The van der Waals surface area contributed by atoms with E-state index in [0.717, 1.165) is 18.6 Å². The molecule has 1 aromatic rings. The maximum absolute atomic E-state index is 12.7. The van der Waals surface area contributed by atoms with Crippen molar-refractivity contribution in [3.63, 3.8) is 0 Å². The molecule has 0 saturated carbocycles. The molecule has 1 saturated heterocycles. The number of carboxylic acids is 1. The molecule has 1 aromatic carbocycles. The number of benzene rings is 1. The van der Waals surface area contributed by atoms with Gasteiger partial charge >= 0.3 is 12.1 Å². The maximum Gasteiger partial charge on any atom is 0.416 e. The Kier molecular flexibility index (Phi) is 4.73. The fraction of sp³-hybridized carbons (Fsp3) is 0.467. The Labute approximate surface area is 125 Å². The third-order valence-corrected chi connectivity index (χ3v) is 3.72. The molecule has 0 radical (unpaired) electrons. The van der Waals surface area contributed by atoms with Crippen molar-refractivity contribution in [3.8, 4) is 0 Å². The highest BCUT2D eigenvalue weighted by Crippen LogP contribution is 2.29. The van der Waals surface area contributed by atoms with Crippen LogP contribution in [-0.2, 0) is 22.2 Å². The zero-order chi connectivity index (χ0) is 16.3. The number of amides is 1. The van der Waals surface area contributed by atoms with Crippen molar-refractivity contribution in [3.05, 3.63) is 35.4 Å². The summed E-state index contributed by atoms with van der Waals surface area (Å²) in [6.07, 6.45) is -2.88. The van der Waals surface area contributed by atoms with Gasteiger partial charge in [0.1, 0.15) is 6.04 Å². The molecule has 1 aliphatic heterocycles. The third kappa shape index (κ3) is 3.78. The van der Waals surface area contributed by atoms with Crippen molar-refractivity contribution >= 4 is 11.9 Å². The second-order valence-corrected chi connectivity index (χ2v) is 5.31. The van der Waals surface area contributed by atoms with Gasteiger partial charge in [0.15, 0.2) is 0 Å². The first-order chi connectivity index (χ1) is 10.3. The van der Waals surface area contributed by atoms with Crippen LogP contribution >= 0.6 is 0 Å². The van der Waals surface area contributed by atoms with Crippen molar-refractivity contribution in [2.45, 2.75) is 37.9 Å². The number of rotatable bonds is 3. The molecule has 1 amide bonds. The summed E-state index contributed by atoms with van der Waals surface area (Å²) in [5.41, 5.74) is -0.583. The Morgan fingerprint density at radius 2 is 2.00 bits per heavy atom. The molecule has 1 atom stereocenters. The van der Waals surface area contributed by atoms with Crippen LogP contribution in [0.2, 0.25) is 0 Å². The average Bonchev–Trinajstić information content (AvgIpc) is 2.46. The summed E-state index contributed by atoms with van der Waals surface area (Å²) in [5, 5.41) is 9.13. The topological polar surface area (TPSA) is 57.6 Å². The lowest BCUT2D eigenvalue weighted by atomic mass is 10.0. The van der Waals surface area contributed by atoms with Crippen molar-refractivity contribution in [1.82, 2.24) is 4.90 Å². The summed E-state index contributed by atoms with van der Waals surface area (Å²) in [6.45, 7) is 0.328. The van der Waals surface area contributed by atoms with Gasteiger partial charge in [-0.15, -0.1) is 0 Å². The summed E-state index contributed by atoms with van der Waals surface area (Å²) in [4.78, 5) is 24.6. The number of nitrogens with zero attached hydrogens (tertiary/aromatic N) is 1. The average molecular weight is 315 g/mol. The van der Waals surface area contributed by atoms with Gasteiger partial charge in [0, 0.05) is 6.54 Å². The number of hydrogen-bond acceptors (Lipinski definition) is 2. The lowest BCUT2D eigenvalue weighted by molar-refractivity contribution is -0.151. The van der Waals surface area contributed by atoms with Crippen molar-refractivity contribution in [2.24, 2.45) is 0 Å². The van der Waals surface area contributed by atoms with E-state index in [0.29, 0.717) is 19.4 Å². The Balaban J connectivity index is 2.12. The SMILES string of the molecule is O=C(O)[C@H]1CCCCN1C(=O)Cc1cccc(C(F)(F)F)c1.